The Kier molecular flexibility index (Phi) is 8.77. The zero-order valence-corrected chi connectivity index (χ0v) is 21.5. The number of hydrogen-bond donors (Lipinski definition) is 2. The minimum absolute atomic E-state index is 0.0133. The first kappa shape index (κ1) is 27.7. The van der Waals surface area contributed by atoms with E-state index in [0.717, 1.165) is 12.1 Å². The first-order valence-corrected chi connectivity index (χ1v) is 12.5. The minimum atomic E-state index is -1.47. The van der Waals surface area contributed by atoms with Gasteiger partial charge in [-0.1, -0.05) is 23.4 Å². The lowest BCUT2D eigenvalue weighted by atomic mass is 9.73. The quantitative estimate of drug-likeness (QED) is 0.229. The normalized spacial score (nSPS) is 15.9. The third-order valence-corrected chi connectivity index (χ3v) is 7.41. The van der Waals surface area contributed by atoms with Gasteiger partial charge in [-0.25, -0.2) is 18.7 Å². The molecule has 1 aliphatic rings. The van der Waals surface area contributed by atoms with E-state index in [1.165, 1.54) is 19.4 Å². The monoisotopic (exact) mass is 545 g/mol. The van der Waals surface area contributed by atoms with Crippen molar-refractivity contribution in [2.45, 2.75) is 31.9 Å². The van der Waals surface area contributed by atoms with E-state index in [9.17, 15) is 18.8 Å². The Bertz CT molecular complexity index is 1380. The Morgan fingerprint density at radius 2 is 2.00 bits per heavy atom. The van der Waals surface area contributed by atoms with Crippen molar-refractivity contribution in [1.82, 2.24) is 15.4 Å². The number of halogens is 4. The molecule has 1 amide bonds. The van der Waals surface area contributed by atoms with Gasteiger partial charge in [-0.05, 0) is 62.1 Å². The van der Waals surface area contributed by atoms with E-state index in [0.29, 0.717) is 60.3 Å². The first-order chi connectivity index (χ1) is 18.3. The van der Waals surface area contributed by atoms with E-state index >= 15 is 4.39 Å². The molecule has 1 aromatic heterocycles. The Morgan fingerprint density at radius 3 is 2.68 bits per heavy atom. The standard InChI is InChI=1S/C28H27ClF3N3O3/c1-38-19-5-7-25-20(16-19)26(21(29)17-33-25)23(31)8-9-28(27(36)34-37)10-13-35(14-11-28)12-2-3-18-4-6-22(30)24(32)15-18/h4-7,15-17,23,37H,8-14H2,1H3,(H,34,36). The summed E-state index contributed by atoms with van der Waals surface area (Å²) in [5.74, 6) is 3.85. The number of rotatable bonds is 7. The smallest absolute Gasteiger partial charge is 0.249 e. The number of amides is 1. The SMILES string of the molecule is COc1ccc2ncc(Cl)c(C(F)CCC3(C(=O)NO)CCN(CC#Cc4ccc(F)c(F)c4)CC3)c2c1. The fourth-order valence-electron chi connectivity index (χ4n) is 4.84. The van der Waals surface area contributed by atoms with E-state index in [4.69, 9.17) is 16.3 Å². The summed E-state index contributed by atoms with van der Waals surface area (Å²) in [6, 6.07) is 8.62. The van der Waals surface area contributed by atoms with Crippen LogP contribution in [0.2, 0.25) is 5.02 Å². The molecule has 0 spiro atoms. The number of hydroxylamine groups is 1. The number of carbonyl (C=O) groups excluding carboxylic acids is 1. The molecule has 200 valence electrons. The lowest BCUT2D eigenvalue weighted by Gasteiger charge is -2.40. The van der Waals surface area contributed by atoms with E-state index in [-0.39, 0.29) is 17.9 Å². The number of piperidine rings is 1. The molecule has 4 rings (SSSR count). The van der Waals surface area contributed by atoms with Crippen molar-refractivity contribution in [1.29, 1.82) is 0 Å². The van der Waals surface area contributed by atoms with Crippen LogP contribution in [0.5, 0.6) is 5.75 Å². The molecule has 1 unspecified atom stereocenters. The van der Waals surface area contributed by atoms with Gasteiger partial charge in [0.1, 0.15) is 11.9 Å². The number of hydrogen-bond acceptors (Lipinski definition) is 5. The van der Waals surface area contributed by atoms with Crippen molar-refractivity contribution >= 4 is 28.4 Å². The summed E-state index contributed by atoms with van der Waals surface area (Å²) < 4.78 is 47.4. The predicted octanol–water partition coefficient (Wildman–Crippen LogP) is 5.61. The van der Waals surface area contributed by atoms with Crippen molar-refractivity contribution in [3.8, 4) is 17.6 Å². The highest BCUT2D eigenvalue weighted by Gasteiger charge is 2.41. The fraction of sp³-hybridized carbons (Fsp3) is 0.357. The summed E-state index contributed by atoms with van der Waals surface area (Å²) in [6.07, 6.45) is 0.922. The molecule has 0 aliphatic carbocycles. The summed E-state index contributed by atoms with van der Waals surface area (Å²) in [6.45, 7) is 1.35. The molecule has 0 saturated carbocycles. The highest BCUT2D eigenvalue weighted by atomic mass is 35.5. The molecule has 1 saturated heterocycles. The average molecular weight is 546 g/mol. The molecular formula is C28H27ClF3N3O3. The van der Waals surface area contributed by atoms with Crippen molar-refractivity contribution in [2.75, 3.05) is 26.7 Å². The fourth-order valence-corrected chi connectivity index (χ4v) is 5.11. The van der Waals surface area contributed by atoms with Gasteiger partial charge in [0.2, 0.25) is 5.91 Å². The van der Waals surface area contributed by atoms with Crippen LogP contribution in [-0.4, -0.2) is 47.7 Å². The van der Waals surface area contributed by atoms with Gasteiger partial charge < -0.3 is 4.74 Å². The average Bonchev–Trinajstić information content (AvgIpc) is 2.93. The van der Waals surface area contributed by atoms with Crippen LogP contribution in [0.4, 0.5) is 13.2 Å². The Balaban J connectivity index is 1.43. The zero-order chi connectivity index (χ0) is 27.3. The van der Waals surface area contributed by atoms with Crippen molar-refractivity contribution < 1.29 is 27.9 Å². The second-order valence-electron chi connectivity index (χ2n) is 9.34. The molecule has 6 nitrogen and oxygen atoms in total. The number of ether oxygens (including phenoxy) is 1. The largest absolute Gasteiger partial charge is 0.497 e. The Hall–Kier alpha value is -3.32. The van der Waals surface area contributed by atoms with Gasteiger partial charge in [0.05, 0.1) is 29.6 Å². The number of methoxy groups -OCH3 is 1. The summed E-state index contributed by atoms with van der Waals surface area (Å²) >= 11 is 6.35. The van der Waals surface area contributed by atoms with Crippen LogP contribution in [-0.2, 0) is 4.79 Å². The van der Waals surface area contributed by atoms with Crippen LogP contribution in [0.3, 0.4) is 0 Å². The highest BCUT2D eigenvalue weighted by Crippen LogP contribution is 2.42. The Morgan fingerprint density at radius 1 is 1.24 bits per heavy atom. The van der Waals surface area contributed by atoms with Crippen molar-refractivity contribution in [3.05, 3.63) is 70.4 Å². The number of fused-ring (bicyclic) bond motifs is 1. The summed E-state index contributed by atoms with van der Waals surface area (Å²) in [5.41, 5.74) is 2.03. The van der Waals surface area contributed by atoms with Gasteiger partial charge in [0.25, 0.3) is 0 Å². The minimum Gasteiger partial charge on any atom is -0.497 e. The number of benzene rings is 2. The molecule has 38 heavy (non-hydrogen) atoms. The number of carbonyl (C=O) groups is 1. The maximum absolute atomic E-state index is 15.7. The maximum atomic E-state index is 15.7. The molecule has 2 N–H and O–H groups in total. The second-order valence-corrected chi connectivity index (χ2v) is 9.74. The molecule has 10 heteroatoms. The number of pyridine rings is 1. The molecule has 2 aromatic carbocycles. The number of alkyl halides is 1. The molecule has 2 heterocycles. The lowest BCUT2D eigenvalue weighted by molar-refractivity contribution is -0.143. The number of likely N-dealkylation sites (tertiary alicyclic amines) is 1. The van der Waals surface area contributed by atoms with Gasteiger partial charge in [0, 0.05) is 35.8 Å². The zero-order valence-electron chi connectivity index (χ0n) is 20.7. The molecular weight excluding hydrogens is 519 g/mol. The molecule has 1 fully saturated rings. The van der Waals surface area contributed by atoms with Crippen LogP contribution in [0.1, 0.15) is 43.0 Å². The van der Waals surface area contributed by atoms with E-state index in [2.05, 4.69) is 16.8 Å². The second kappa shape index (κ2) is 12.0. The number of aromatic nitrogens is 1. The summed E-state index contributed by atoms with van der Waals surface area (Å²) in [5, 5.41) is 10.2. The lowest BCUT2D eigenvalue weighted by Crippen LogP contribution is -2.48. The molecule has 1 aliphatic heterocycles. The van der Waals surface area contributed by atoms with Crippen LogP contribution < -0.4 is 10.2 Å². The van der Waals surface area contributed by atoms with Crippen LogP contribution in [0.25, 0.3) is 10.9 Å². The van der Waals surface area contributed by atoms with E-state index < -0.39 is 29.1 Å². The molecule has 0 radical (unpaired) electrons. The van der Waals surface area contributed by atoms with Gasteiger partial charge in [-0.15, -0.1) is 0 Å². The van der Waals surface area contributed by atoms with Gasteiger partial charge in [-0.2, -0.15) is 0 Å². The van der Waals surface area contributed by atoms with Crippen LogP contribution in [0.15, 0.2) is 42.6 Å². The highest BCUT2D eigenvalue weighted by molar-refractivity contribution is 6.32. The molecule has 0 bridgehead atoms. The van der Waals surface area contributed by atoms with E-state index in [1.54, 1.807) is 23.7 Å². The van der Waals surface area contributed by atoms with Crippen molar-refractivity contribution in [2.24, 2.45) is 5.41 Å². The number of nitrogens with one attached hydrogen (secondary N) is 1. The molecule has 1 atom stereocenters. The Labute approximate surface area is 223 Å². The van der Waals surface area contributed by atoms with Crippen molar-refractivity contribution in [3.63, 3.8) is 0 Å². The first-order valence-electron chi connectivity index (χ1n) is 12.1. The van der Waals surface area contributed by atoms with Crippen LogP contribution >= 0.6 is 11.6 Å². The van der Waals surface area contributed by atoms with Gasteiger partial charge in [-0.3, -0.25) is 19.9 Å². The molecule has 3 aromatic rings. The third kappa shape index (κ3) is 6.04. The topological polar surface area (TPSA) is 74.7 Å². The predicted molar refractivity (Wildman–Crippen MR) is 138 cm³/mol. The number of nitrogens with zero attached hydrogens (tertiary/aromatic N) is 2. The maximum Gasteiger partial charge on any atom is 0.249 e. The van der Waals surface area contributed by atoms with Crippen LogP contribution in [0, 0.1) is 28.9 Å². The third-order valence-electron chi connectivity index (χ3n) is 7.11. The van der Waals surface area contributed by atoms with Gasteiger partial charge in [0.15, 0.2) is 11.6 Å². The summed E-state index contributed by atoms with van der Waals surface area (Å²) in [4.78, 5) is 19.0. The van der Waals surface area contributed by atoms with Gasteiger partial charge >= 0.3 is 0 Å². The van der Waals surface area contributed by atoms with E-state index in [1.807, 2.05) is 4.90 Å². The summed E-state index contributed by atoms with van der Waals surface area (Å²) in [7, 11) is 1.52.